The van der Waals surface area contributed by atoms with Gasteiger partial charge < -0.3 is 9.47 Å². The average Bonchev–Trinajstić information content (AvgIpc) is 1.90. The molecule has 0 spiro atoms. The third-order valence-corrected chi connectivity index (χ3v) is 1.28. The van der Waals surface area contributed by atoms with Crippen LogP contribution in [-0.4, -0.2) is 26.4 Å². The molecule has 0 atom stereocenters. The van der Waals surface area contributed by atoms with Gasteiger partial charge in [-0.15, -0.1) is 11.6 Å². The van der Waals surface area contributed by atoms with Crippen LogP contribution in [0.3, 0.4) is 0 Å². The fourth-order valence-corrected chi connectivity index (χ4v) is 0.619. The predicted molar refractivity (Wildman–Crippen MR) is 37.7 cm³/mol. The van der Waals surface area contributed by atoms with Crippen LogP contribution in [0, 0.1) is 0 Å². The summed E-state index contributed by atoms with van der Waals surface area (Å²) < 4.78 is 9.69. The molecule has 9 heavy (non-hydrogen) atoms. The Hall–Kier alpha value is -0.0500. The van der Waals surface area contributed by atoms with Crippen molar-refractivity contribution in [3.63, 3.8) is 0 Å². The highest BCUT2D eigenvalue weighted by Gasteiger charge is 2.06. The highest BCUT2D eigenvalue weighted by Crippen LogP contribution is 2.05. The van der Waals surface area contributed by atoms with E-state index in [4.69, 9.17) is 21.1 Å². The molecule has 0 fully saturated rings. The van der Waals surface area contributed by atoms with E-state index in [-0.39, 0.29) is 6.29 Å². The Kier molecular flexibility index (Phi) is 4.77. The van der Waals surface area contributed by atoms with Crippen molar-refractivity contribution in [2.45, 2.75) is 6.29 Å². The highest BCUT2D eigenvalue weighted by molar-refractivity contribution is 6.19. The molecule has 54 valence electrons. The standard InChI is InChI=1S/C6H11ClO2/c1-5(4-7)6(8-2)9-3/h6H,1,4H2,2-3H3. The van der Waals surface area contributed by atoms with Crippen LogP contribution >= 0.6 is 11.6 Å². The third-order valence-electron chi connectivity index (χ3n) is 0.933. The van der Waals surface area contributed by atoms with E-state index in [1.807, 2.05) is 0 Å². The number of alkyl halides is 1. The topological polar surface area (TPSA) is 18.5 Å². The molecule has 0 aliphatic heterocycles. The van der Waals surface area contributed by atoms with Crippen LogP contribution in [0.5, 0.6) is 0 Å². The molecule has 0 aromatic heterocycles. The molecule has 0 aromatic carbocycles. The average molecular weight is 151 g/mol. The largest absolute Gasteiger partial charge is 0.352 e. The van der Waals surface area contributed by atoms with Crippen LogP contribution in [0.1, 0.15) is 0 Å². The van der Waals surface area contributed by atoms with Crippen molar-refractivity contribution in [2.24, 2.45) is 0 Å². The van der Waals surface area contributed by atoms with E-state index in [0.717, 1.165) is 5.57 Å². The normalized spacial score (nSPS) is 10.2. The number of hydrogen-bond acceptors (Lipinski definition) is 2. The van der Waals surface area contributed by atoms with Crippen LogP contribution in [0.15, 0.2) is 12.2 Å². The monoisotopic (exact) mass is 150 g/mol. The maximum absolute atomic E-state index is 5.44. The molecule has 0 radical (unpaired) electrons. The van der Waals surface area contributed by atoms with E-state index in [1.54, 1.807) is 14.2 Å². The van der Waals surface area contributed by atoms with Gasteiger partial charge in [0.05, 0.1) is 0 Å². The Morgan fingerprint density at radius 2 is 2.00 bits per heavy atom. The minimum atomic E-state index is -0.359. The summed E-state index contributed by atoms with van der Waals surface area (Å²) in [6, 6.07) is 0. The molecule has 0 saturated carbocycles. The third kappa shape index (κ3) is 2.84. The number of rotatable bonds is 4. The zero-order chi connectivity index (χ0) is 7.28. The maximum Gasteiger partial charge on any atom is 0.179 e. The van der Waals surface area contributed by atoms with Crippen LogP contribution in [0.2, 0.25) is 0 Å². The lowest BCUT2D eigenvalue weighted by Crippen LogP contribution is -2.15. The molecule has 0 aromatic rings. The number of halogens is 1. The van der Waals surface area contributed by atoms with Gasteiger partial charge in [0.2, 0.25) is 0 Å². The molecule has 0 bridgehead atoms. The summed E-state index contributed by atoms with van der Waals surface area (Å²) in [4.78, 5) is 0. The maximum atomic E-state index is 5.44. The lowest BCUT2D eigenvalue weighted by molar-refractivity contribution is -0.0741. The lowest BCUT2D eigenvalue weighted by atomic mass is 10.3. The van der Waals surface area contributed by atoms with Gasteiger partial charge in [-0.2, -0.15) is 0 Å². The van der Waals surface area contributed by atoms with E-state index in [2.05, 4.69) is 6.58 Å². The fourth-order valence-electron chi connectivity index (χ4n) is 0.493. The van der Waals surface area contributed by atoms with Gasteiger partial charge in [-0.25, -0.2) is 0 Å². The van der Waals surface area contributed by atoms with Gasteiger partial charge in [0.15, 0.2) is 6.29 Å². The van der Waals surface area contributed by atoms with Gasteiger partial charge in [0.25, 0.3) is 0 Å². The molecule has 0 unspecified atom stereocenters. The molecular weight excluding hydrogens is 140 g/mol. The molecule has 0 aliphatic carbocycles. The summed E-state index contributed by atoms with van der Waals surface area (Å²) in [6.45, 7) is 3.63. The Balaban J connectivity index is 3.64. The summed E-state index contributed by atoms with van der Waals surface area (Å²) in [7, 11) is 3.10. The molecule has 0 N–H and O–H groups in total. The Labute approximate surface area is 60.4 Å². The summed E-state index contributed by atoms with van der Waals surface area (Å²) in [5.74, 6) is 0.367. The second kappa shape index (κ2) is 4.79. The van der Waals surface area contributed by atoms with E-state index < -0.39 is 0 Å². The van der Waals surface area contributed by atoms with Gasteiger partial charge >= 0.3 is 0 Å². The molecule has 0 rings (SSSR count). The van der Waals surface area contributed by atoms with Gasteiger partial charge in [-0.05, 0) is 5.57 Å². The van der Waals surface area contributed by atoms with Gasteiger partial charge in [0.1, 0.15) is 0 Å². The molecule has 0 aliphatic rings. The summed E-state index contributed by atoms with van der Waals surface area (Å²) in [6.07, 6.45) is -0.359. The minimum absolute atomic E-state index is 0.359. The molecular formula is C6H11ClO2. The molecule has 2 nitrogen and oxygen atoms in total. The van der Waals surface area contributed by atoms with Crippen LogP contribution < -0.4 is 0 Å². The van der Waals surface area contributed by atoms with Crippen molar-refractivity contribution in [1.82, 2.24) is 0 Å². The van der Waals surface area contributed by atoms with Crippen LogP contribution in [0.4, 0.5) is 0 Å². The van der Waals surface area contributed by atoms with Crippen molar-refractivity contribution in [2.75, 3.05) is 20.1 Å². The summed E-state index contributed by atoms with van der Waals surface area (Å²) >= 11 is 5.44. The molecule has 3 heteroatoms. The van der Waals surface area contributed by atoms with E-state index >= 15 is 0 Å². The van der Waals surface area contributed by atoms with Crippen molar-refractivity contribution in [1.29, 1.82) is 0 Å². The molecule has 0 heterocycles. The van der Waals surface area contributed by atoms with Crippen molar-refractivity contribution in [3.05, 3.63) is 12.2 Å². The van der Waals surface area contributed by atoms with Crippen LogP contribution in [-0.2, 0) is 9.47 Å². The number of hydrogen-bond donors (Lipinski definition) is 0. The van der Waals surface area contributed by atoms with Gasteiger partial charge in [0, 0.05) is 20.1 Å². The second-order valence-corrected chi connectivity index (χ2v) is 1.86. The first-order valence-corrected chi connectivity index (χ1v) is 3.09. The first-order valence-electron chi connectivity index (χ1n) is 2.55. The summed E-state index contributed by atoms with van der Waals surface area (Å²) in [5.41, 5.74) is 0.738. The highest BCUT2D eigenvalue weighted by atomic mass is 35.5. The predicted octanol–water partition coefficient (Wildman–Crippen LogP) is 1.40. The first-order chi connectivity index (χ1) is 4.26. The Morgan fingerprint density at radius 1 is 1.56 bits per heavy atom. The van der Waals surface area contributed by atoms with Crippen molar-refractivity contribution >= 4 is 11.6 Å². The number of ether oxygens (including phenoxy) is 2. The van der Waals surface area contributed by atoms with E-state index in [1.165, 1.54) is 0 Å². The molecule has 0 saturated heterocycles. The SMILES string of the molecule is C=C(CCl)C(OC)OC. The Bertz CT molecular complexity index is 89.1. The van der Waals surface area contributed by atoms with E-state index in [9.17, 15) is 0 Å². The lowest BCUT2D eigenvalue weighted by Gasteiger charge is -2.13. The van der Waals surface area contributed by atoms with Crippen LogP contribution in [0.25, 0.3) is 0 Å². The number of methoxy groups -OCH3 is 2. The van der Waals surface area contributed by atoms with Gasteiger partial charge in [-0.3, -0.25) is 0 Å². The van der Waals surface area contributed by atoms with Crippen molar-refractivity contribution < 1.29 is 9.47 Å². The summed E-state index contributed by atoms with van der Waals surface area (Å²) in [5, 5.41) is 0. The quantitative estimate of drug-likeness (QED) is 0.343. The van der Waals surface area contributed by atoms with Crippen molar-refractivity contribution in [3.8, 4) is 0 Å². The second-order valence-electron chi connectivity index (χ2n) is 1.60. The first kappa shape index (κ1) is 8.95. The van der Waals surface area contributed by atoms with E-state index in [0.29, 0.717) is 5.88 Å². The minimum Gasteiger partial charge on any atom is -0.352 e. The van der Waals surface area contributed by atoms with Gasteiger partial charge in [-0.1, -0.05) is 6.58 Å². The smallest absolute Gasteiger partial charge is 0.179 e. The molecule has 0 amide bonds. The fraction of sp³-hybridized carbons (Fsp3) is 0.667. The zero-order valence-electron chi connectivity index (χ0n) is 5.69. The zero-order valence-corrected chi connectivity index (χ0v) is 6.44. The Morgan fingerprint density at radius 3 is 2.11 bits per heavy atom.